The zero-order chi connectivity index (χ0) is 15.1. The van der Waals surface area contributed by atoms with E-state index < -0.39 is 0 Å². The summed E-state index contributed by atoms with van der Waals surface area (Å²) in [4.78, 5) is 16.2. The number of likely N-dealkylation sites (N-methyl/N-ethyl adjacent to an activating group) is 1. The van der Waals surface area contributed by atoms with Gasteiger partial charge in [0, 0.05) is 0 Å². The molecule has 1 amide bonds. The summed E-state index contributed by atoms with van der Waals surface area (Å²) < 4.78 is 0. The number of rotatable bonds is 7. The Labute approximate surface area is 121 Å². The first-order valence-electron chi connectivity index (χ1n) is 6.88. The lowest BCUT2D eigenvalue weighted by atomic mass is 10.1. The second-order valence-electron chi connectivity index (χ2n) is 5.48. The minimum Gasteiger partial charge on any atom is -0.397 e. The van der Waals surface area contributed by atoms with Crippen LogP contribution in [-0.2, 0) is 4.79 Å². The molecule has 0 heterocycles. The molecule has 1 aromatic carbocycles. The van der Waals surface area contributed by atoms with E-state index in [-0.39, 0.29) is 5.91 Å². The van der Waals surface area contributed by atoms with Crippen LogP contribution >= 0.6 is 0 Å². The Morgan fingerprint density at radius 2 is 1.95 bits per heavy atom. The van der Waals surface area contributed by atoms with Crippen molar-refractivity contribution in [3.8, 4) is 0 Å². The lowest BCUT2D eigenvalue weighted by molar-refractivity contribution is -0.117. The van der Waals surface area contributed by atoms with Crippen molar-refractivity contribution in [2.45, 2.75) is 13.3 Å². The van der Waals surface area contributed by atoms with Crippen molar-refractivity contribution in [1.82, 2.24) is 9.80 Å². The minimum absolute atomic E-state index is 0.0293. The zero-order valence-corrected chi connectivity index (χ0v) is 12.9. The first-order chi connectivity index (χ1) is 9.40. The summed E-state index contributed by atoms with van der Waals surface area (Å²) in [6.45, 7) is 4.24. The molecule has 5 heteroatoms. The van der Waals surface area contributed by atoms with Crippen molar-refractivity contribution in [3.05, 3.63) is 23.8 Å². The summed E-state index contributed by atoms with van der Waals surface area (Å²) in [7, 11) is 6.05. The lowest BCUT2D eigenvalue weighted by Crippen LogP contribution is -2.32. The molecule has 20 heavy (non-hydrogen) atoms. The molecule has 0 aliphatic rings. The fraction of sp³-hybridized carbons (Fsp3) is 0.533. The third-order valence-corrected chi connectivity index (χ3v) is 3.13. The Balaban J connectivity index is 2.43. The van der Waals surface area contributed by atoms with Crippen LogP contribution in [0.1, 0.15) is 12.0 Å². The molecule has 0 radical (unpaired) electrons. The van der Waals surface area contributed by atoms with Crippen molar-refractivity contribution in [2.75, 3.05) is 51.8 Å². The molecule has 0 atom stereocenters. The predicted molar refractivity (Wildman–Crippen MR) is 84.9 cm³/mol. The van der Waals surface area contributed by atoms with Gasteiger partial charge in [-0.2, -0.15) is 0 Å². The number of hydrogen-bond donors (Lipinski definition) is 2. The number of carbonyl (C=O) groups excluding carboxylic acids is 1. The van der Waals surface area contributed by atoms with Gasteiger partial charge in [-0.1, -0.05) is 12.1 Å². The molecule has 1 aromatic rings. The number of nitrogen functional groups attached to an aromatic ring is 1. The summed E-state index contributed by atoms with van der Waals surface area (Å²) in [5.41, 5.74) is 8.19. The SMILES string of the molecule is Cc1cccc(N)c1NC(=O)CN(C)CCCN(C)C. The summed E-state index contributed by atoms with van der Waals surface area (Å²) in [5, 5.41) is 2.89. The molecular weight excluding hydrogens is 252 g/mol. The summed E-state index contributed by atoms with van der Waals surface area (Å²) in [5.74, 6) is -0.0293. The number of nitrogens with two attached hydrogens (primary N) is 1. The Morgan fingerprint density at radius 1 is 1.25 bits per heavy atom. The third-order valence-electron chi connectivity index (χ3n) is 3.13. The van der Waals surface area contributed by atoms with Gasteiger partial charge in [-0.15, -0.1) is 0 Å². The second kappa shape index (κ2) is 7.87. The van der Waals surface area contributed by atoms with E-state index >= 15 is 0 Å². The van der Waals surface area contributed by atoms with Crippen LogP contribution in [0.2, 0.25) is 0 Å². The molecule has 0 aliphatic carbocycles. The molecule has 3 N–H and O–H groups in total. The molecule has 0 aliphatic heterocycles. The van der Waals surface area contributed by atoms with E-state index in [1.54, 1.807) is 6.07 Å². The fourth-order valence-corrected chi connectivity index (χ4v) is 2.02. The van der Waals surface area contributed by atoms with Gasteiger partial charge in [0.25, 0.3) is 0 Å². The first-order valence-corrected chi connectivity index (χ1v) is 6.88. The van der Waals surface area contributed by atoms with Crippen LogP contribution in [0.25, 0.3) is 0 Å². The summed E-state index contributed by atoms with van der Waals surface area (Å²) in [6.07, 6.45) is 1.04. The van der Waals surface area contributed by atoms with Crippen molar-refractivity contribution < 1.29 is 4.79 Å². The van der Waals surface area contributed by atoms with Crippen LogP contribution < -0.4 is 11.1 Å². The van der Waals surface area contributed by atoms with Gasteiger partial charge in [0.2, 0.25) is 5.91 Å². The van der Waals surface area contributed by atoms with E-state index in [9.17, 15) is 4.79 Å². The number of para-hydroxylation sites is 1. The highest BCUT2D eigenvalue weighted by molar-refractivity contribution is 5.96. The highest BCUT2D eigenvalue weighted by atomic mass is 16.2. The average Bonchev–Trinajstić information content (AvgIpc) is 2.33. The molecule has 112 valence electrons. The van der Waals surface area contributed by atoms with E-state index in [1.807, 2.05) is 45.1 Å². The van der Waals surface area contributed by atoms with Crippen LogP contribution in [-0.4, -0.2) is 56.5 Å². The maximum absolute atomic E-state index is 12.0. The molecule has 0 unspecified atom stereocenters. The smallest absolute Gasteiger partial charge is 0.238 e. The number of hydrogen-bond acceptors (Lipinski definition) is 4. The topological polar surface area (TPSA) is 61.6 Å². The van der Waals surface area contributed by atoms with Gasteiger partial charge in [-0.05, 0) is 59.2 Å². The first kappa shape index (κ1) is 16.5. The summed E-state index contributed by atoms with van der Waals surface area (Å²) >= 11 is 0. The lowest BCUT2D eigenvalue weighted by Gasteiger charge is -2.18. The normalized spacial score (nSPS) is 11.1. The number of anilines is 2. The molecule has 1 rings (SSSR count). The molecule has 0 fully saturated rings. The Bertz CT molecular complexity index is 425. The highest BCUT2D eigenvalue weighted by Gasteiger charge is 2.10. The molecule has 0 spiro atoms. The van der Waals surface area contributed by atoms with Gasteiger partial charge in [0.1, 0.15) is 0 Å². The van der Waals surface area contributed by atoms with Crippen molar-refractivity contribution in [1.29, 1.82) is 0 Å². The molecule has 0 bridgehead atoms. The van der Waals surface area contributed by atoms with E-state index in [4.69, 9.17) is 5.73 Å². The monoisotopic (exact) mass is 278 g/mol. The number of nitrogens with zero attached hydrogens (tertiary/aromatic N) is 2. The Kier molecular flexibility index (Phi) is 6.48. The van der Waals surface area contributed by atoms with E-state index in [2.05, 4.69) is 10.2 Å². The van der Waals surface area contributed by atoms with Crippen molar-refractivity contribution in [2.24, 2.45) is 0 Å². The van der Waals surface area contributed by atoms with Crippen LogP contribution in [0.15, 0.2) is 18.2 Å². The van der Waals surface area contributed by atoms with Crippen LogP contribution in [0.4, 0.5) is 11.4 Å². The molecule has 0 saturated carbocycles. The number of carbonyl (C=O) groups is 1. The molecular formula is C15H26N4O. The fourth-order valence-electron chi connectivity index (χ4n) is 2.02. The van der Waals surface area contributed by atoms with Crippen LogP contribution in [0.3, 0.4) is 0 Å². The zero-order valence-electron chi connectivity index (χ0n) is 12.9. The Morgan fingerprint density at radius 3 is 2.55 bits per heavy atom. The van der Waals surface area contributed by atoms with Gasteiger partial charge in [0.05, 0.1) is 17.9 Å². The standard InChI is InChI=1S/C15H26N4O/c1-12-7-5-8-13(16)15(12)17-14(20)11-19(4)10-6-9-18(2)3/h5,7-8H,6,9-11,16H2,1-4H3,(H,17,20). The van der Waals surface area contributed by atoms with Gasteiger partial charge in [-0.3, -0.25) is 9.69 Å². The largest absolute Gasteiger partial charge is 0.397 e. The molecule has 5 nitrogen and oxygen atoms in total. The third kappa shape index (κ3) is 5.59. The van der Waals surface area contributed by atoms with E-state index in [0.29, 0.717) is 12.2 Å². The minimum atomic E-state index is -0.0293. The van der Waals surface area contributed by atoms with Crippen molar-refractivity contribution in [3.63, 3.8) is 0 Å². The van der Waals surface area contributed by atoms with Crippen LogP contribution in [0.5, 0.6) is 0 Å². The maximum atomic E-state index is 12.0. The number of nitrogens with one attached hydrogen (secondary N) is 1. The van der Waals surface area contributed by atoms with Crippen molar-refractivity contribution >= 4 is 17.3 Å². The number of benzene rings is 1. The van der Waals surface area contributed by atoms with Gasteiger partial charge in [0.15, 0.2) is 0 Å². The number of aryl methyl sites for hydroxylation is 1. The van der Waals surface area contributed by atoms with Gasteiger partial charge >= 0.3 is 0 Å². The Hall–Kier alpha value is -1.59. The predicted octanol–water partition coefficient (Wildman–Crippen LogP) is 1.40. The average molecular weight is 278 g/mol. The summed E-state index contributed by atoms with van der Waals surface area (Å²) in [6, 6.07) is 5.61. The number of amides is 1. The van der Waals surface area contributed by atoms with E-state index in [1.165, 1.54) is 0 Å². The highest BCUT2D eigenvalue weighted by Crippen LogP contribution is 2.22. The van der Waals surface area contributed by atoms with Gasteiger partial charge < -0.3 is 16.0 Å². The molecule has 0 aromatic heterocycles. The molecule has 0 saturated heterocycles. The van der Waals surface area contributed by atoms with Gasteiger partial charge in [-0.25, -0.2) is 0 Å². The van der Waals surface area contributed by atoms with E-state index in [0.717, 1.165) is 30.8 Å². The quantitative estimate of drug-likeness (QED) is 0.740. The maximum Gasteiger partial charge on any atom is 0.238 e. The van der Waals surface area contributed by atoms with Crippen LogP contribution in [0, 0.1) is 6.92 Å². The second-order valence-corrected chi connectivity index (χ2v) is 5.48.